The zero-order valence-electron chi connectivity index (χ0n) is 22.8. The van der Waals surface area contributed by atoms with E-state index in [1.807, 2.05) is 54.6 Å². The Morgan fingerprint density at radius 1 is 0.951 bits per heavy atom. The lowest BCUT2D eigenvalue weighted by Crippen LogP contribution is -2.17. The largest absolute Gasteiger partial charge is 0.489 e. The summed E-state index contributed by atoms with van der Waals surface area (Å²) < 4.78 is 21.6. The highest BCUT2D eigenvalue weighted by Crippen LogP contribution is 2.26. The number of nitrogens with zero attached hydrogens (tertiary/aromatic N) is 2. The molecule has 6 heteroatoms. The fourth-order valence-corrected chi connectivity index (χ4v) is 4.63. The summed E-state index contributed by atoms with van der Waals surface area (Å²) in [5, 5.41) is 4.15. The van der Waals surface area contributed by atoms with Crippen LogP contribution in [0.15, 0.2) is 127 Å². The van der Waals surface area contributed by atoms with Gasteiger partial charge in [0.1, 0.15) is 18.2 Å². The zero-order valence-corrected chi connectivity index (χ0v) is 22.8. The predicted molar refractivity (Wildman–Crippen MR) is 162 cm³/mol. The Morgan fingerprint density at radius 3 is 2.51 bits per heavy atom. The van der Waals surface area contributed by atoms with Crippen LogP contribution in [0.5, 0.6) is 5.75 Å². The molecular weight excluding hydrogens is 513 g/mol. The van der Waals surface area contributed by atoms with Gasteiger partial charge in [-0.05, 0) is 102 Å². The van der Waals surface area contributed by atoms with Crippen molar-refractivity contribution in [2.45, 2.75) is 20.0 Å². The summed E-state index contributed by atoms with van der Waals surface area (Å²) in [6.45, 7) is 6.14. The van der Waals surface area contributed by atoms with E-state index < -0.39 is 0 Å². The highest BCUT2D eigenvalue weighted by molar-refractivity contribution is 5.95. The van der Waals surface area contributed by atoms with Crippen LogP contribution in [0.25, 0.3) is 16.9 Å². The third kappa shape index (κ3) is 6.68. The molecule has 0 aliphatic carbocycles. The van der Waals surface area contributed by atoms with E-state index in [-0.39, 0.29) is 18.3 Å². The van der Waals surface area contributed by atoms with E-state index in [0.29, 0.717) is 17.7 Å². The number of hydrogen-bond donors (Lipinski definition) is 1. The molecule has 41 heavy (non-hydrogen) atoms. The van der Waals surface area contributed by atoms with Gasteiger partial charge in [0.05, 0.1) is 11.9 Å². The minimum Gasteiger partial charge on any atom is -0.489 e. The molecule has 0 aliphatic rings. The highest BCUT2D eigenvalue weighted by Gasteiger charge is 2.11. The van der Waals surface area contributed by atoms with Gasteiger partial charge in [0, 0.05) is 16.9 Å². The van der Waals surface area contributed by atoms with Gasteiger partial charge in [-0.3, -0.25) is 4.79 Å². The first-order chi connectivity index (χ1) is 20.0. The number of benzene rings is 4. The second-order valence-electron chi connectivity index (χ2n) is 9.59. The van der Waals surface area contributed by atoms with E-state index in [2.05, 4.69) is 52.9 Å². The van der Waals surface area contributed by atoms with E-state index in [1.165, 1.54) is 12.1 Å². The van der Waals surface area contributed by atoms with E-state index in [9.17, 15) is 9.18 Å². The summed E-state index contributed by atoms with van der Waals surface area (Å²) >= 11 is 0. The smallest absolute Gasteiger partial charge is 0.271 e. The Hall–Kier alpha value is -5.23. The molecule has 0 bridgehead atoms. The Bertz CT molecular complexity index is 1690. The molecule has 5 rings (SSSR count). The number of halogens is 1. The summed E-state index contributed by atoms with van der Waals surface area (Å²) in [6, 6.07) is 33.8. The molecule has 1 N–H and O–H groups in total. The molecule has 5 nitrogen and oxygen atoms in total. The van der Waals surface area contributed by atoms with Crippen molar-refractivity contribution in [3.8, 4) is 22.7 Å². The van der Waals surface area contributed by atoms with E-state index >= 15 is 0 Å². The molecule has 204 valence electrons. The van der Waals surface area contributed by atoms with Crippen molar-refractivity contribution < 1.29 is 13.9 Å². The van der Waals surface area contributed by atoms with Gasteiger partial charge >= 0.3 is 0 Å². The highest BCUT2D eigenvalue weighted by atomic mass is 19.1. The van der Waals surface area contributed by atoms with Gasteiger partial charge in [0.2, 0.25) is 0 Å². The van der Waals surface area contributed by atoms with Crippen molar-refractivity contribution in [1.82, 2.24) is 9.99 Å². The molecule has 0 radical (unpaired) electrons. The van der Waals surface area contributed by atoms with Gasteiger partial charge in [0.15, 0.2) is 0 Å². The first-order valence-electron chi connectivity index (χ1n) is 13.3. The second-order valence-corrected chi connectivity index (χ2v) is 9.59. The minimum atomic E-state index is -0.304. The first kappa shape index (κ1) is 27.3. The quantitative estimate of drug-likeness (QED) is 0.112. The summed E-state index contributed by atoms with van der Waals surface area (Å²) in [5.41, 5.74) is 9.86. The molecule has 1 amide bonds. The van der Waals surface area contributed by atoms with Gasteiger partial charge < -0.3 is 9.30 Å². The molecule has 1 heterocycles. The first-order valence-corrected chi connectivity index (χ1v) is 13.3. The van der Waals surface area contributed by atoms with Crippen LogP contribution in [-0.2, 0) is 13.0 Å². The maximum Gasteiger partial charge on any atom is 0.271 e. The maximum atomic E-state index is 13.5. The van der Waals surface area contributed by atoms with Gasteiger partial charge in [-0.25, -0.2) is 9.82 Å². The normalized spacial score (nSPS) is 11.0. The Kier molecular flexibility index (Phi) is 8.50. The van der Waals surface area contributed by atoms with Crippen LogP contribution < -0.4 is 10.2 Å². The topological polar surface area (TPSA) is 55.6 Å². The van der Waals surface area contributed by atoms with Crippen LogP contribution in [0.4, 0.5) is 4.39 Å². The average molecular weight is 544 g/mol. The maximum absolute atomic E-state index is 13.5. The van der Waals surface area contributed by atoms with E-state index in [1.54, 1.807) is 30.5 Å². The lowest BCUT2D eigenvalue weighted by atomic mass is 10.1. The average Bonchev–Trinajstić information content (AvgIpc) is 3.38. The summed E-state index contributed by atoms with van der Waals surface area (Å²) in [6.07, 6.45) is 3.96. The lowest BCUT2D eigenvalue weighted by Gasteiger charge is -2.13. The number of aryl methyl sites for hydroxylation is 1. The molecule has 0 atom stereocenters. The number of rotatable bonds is 10. The standard InChI is InChI=1S/C35H30FN3O2/c1-3-8-30-21-26(14-20-34(30)41-24-27-9-7-12-31(36)22-27)23-37-38-35(40)29-15-17-32(18-16-29)39-25(2)13-19-33(39)28-10-5-4-6-11-28/h3-7,9-23H,1,8,24H2,2H3,(H,38,40)/b37-23+. The van der Waals surface area contributed by atoms with Crippen LogP contribution in [0.1, 0.15) is 32.7 Å². The van der Waals surface area contributed by atoms with E-state index in [4.69, 9.17) is 4.74 Å². The van der Waals surface area contributed by atoms with E-state index in [0.717, 1.165) is 39.3 Å². The summed E-state index contributed by atoms with van der Waals surface area (Å²) in [4.78, 5) is 12.8. The number of amides is 1. The van der Waals surface area contributed by atoms with Crippen molar-refractivity contribution in [3.05, 3.63) is 156 Å². The molecule has 0 saturated carbocycles. The van der Waals surface area contributed by atoms with Crippen LogP contribution in [0, 0.1) is 12.7 Å². The molecule has 0 aliphatic heterocycles. The van der Waals surface area contributed by atoms with Crippen LogP contribution in [-0.4, -0.2) is 16.7 Å². The number of nitrogens with one attached hydrogen (secondary N) is 1. The number of aromatic nitrogens is 1. The monoisotopic (exact) mass is 543 g/mol. The predicted octanol–water partition coefficient (Wildman–Crippen LogP) is 7.66. The van der Waals surface area contributed by atoms with Crippen LogP contribution in [0.3, 0.4) is 0 Å². The third-order valence-corrected chi connectivity index (χ3v) is 6.65. The molecule has 1 aromatic heterocycles. The molecule has 5 aromatic rings. The van der Waals surface area contributed by atoms with Crippen molar-refractivity contribution in [2.24, 2.45) is 5.10 Å². The van der Waals surface area contributed by atoms with Crippen LogP contribution >= 0.6 is 0 Å². The van der Waals surface area contributed by atoms with Crippen molar-refractivity contribution in [1.29, 1.82) is 0 Å². The molecule has 4 aromatic carbocycles. The number of hydrogen-bond acceptors (Lipinski definition) is 3. The number of carbonyl (C=O) groups excluding carboxylic acids is 1. The molecular formula is C35H30FN3O2. The minimum absolute atomic E-state index is 0.252. The molecule has 0 fully saturated rings. The Morgan fingerprint density at radius 2 is 1.76 bits per heavy atom. The fourth-order valence-electron chi connectivity index (χ4n) is 4.63. The number of hydrazone groups is 1. The second kappa shape index (κ2) is 12.7. The SMILES string of the molecule is C=CCc1cc(/C=N/NC(=O)c2ccc(-n3c(C)ccc3-c3ccccc3)cc2)ccc1OCc1cccc(F)c1. The Balaban J connectivity index is 1.24. The zero-order chi connectivity index (χ0) is 28.6. The lowest BCUT2D eigenvalue weighted by molar-refractivity contribution is 0.0955. The van der Waals surface area contributed by atoms with Gasteiger partial charge in [-0.2, -0.15) is 5.10 Å². The van der Waals surface area contributed by atoms with Crippen LogP contribution in [0.2, 0.25) is 0 Å². The van der Waals surface area contributed by atoms with Gasteiger partial charge in [0.25, 0.3) is 5.91 Å². The van der Waals surface area contributed by atoms with Gasteiger partial charge in [-0.1, -0.05) is 48.5 Å². The number of allylic oxidation sites excluding steroid dienone is 1. The Labute approximate surface area is 239 Å². The van der Waals surface area contributed by atoms with Gasteiger partial charge in [-0.15, -0.1) is 6.58 Å². The summed E-state index contributed by atoms with van der Waals surface area (Å²) in [5.74, 6) is 0.0839. The summed E-state index contributed by atoms with van der Waals surface area (Å²) in [7, 11) is 0. The molecule has 0 spiro atoms. The number of carbonyl (C=O) groups is 1. The third-order valence-electron chi connectivity index (χ3n) is 6.65. The number of ether oxygens (including phenoxy) is 1. The van der Waals surface area contributed by atoms with Crippen molar-refractivity contribution in [2.75, 3.05) is 0 Å². The fraction of sp³-hybridized carbons (Fsp3) is 0.0857. The molecule has 0 saturated heterocycles. The molecule has 0 unspecified atom stereocenters. The van der Waals surface area contributed by atoms with Crippen molar-refractivity contribution >= 4 is 12.1 Å². The van der Waals surface area contributed by atoms with Crippen molar-refractivity contribution in [3.63, 3.8) is 0 Å².